The van der Waals surface area contributed by atoms with Gasteiger partial charge in [0.15, 0.2) is 0 Å². The number of thioether (sulfide) groups is 1. The van der Waals surface area contributed by atoms with Gasteiger partial charge in [-0.25, -0.2) is 0 Å². The van der Waals surface area contributed by atoms with Crippen LogP contribution in [0.3, 0.4) is 0 Å². The largest absolute Gasteiger partial charge is 0.320 e. The molecule has 1 aromatic rings. The molecule has 0 saturated carbocycles. The lowest BCUT2D eigenvalue weighted by atomic mass is 10.1. The maximum Gasteiger partial charge on any atom is 0.243 e. The first-order valence-corrected chi connectivity index (χ1v) is 7.02. The van der Waals surface area contributed by atoms with Crippen molar-refractivity contribution in [1.82, 2.24) is 0 Å². The number of hydrogen-bond donors (Lipinski definition) is 1. The summed E-state index contributed by atoms with van der Waals surface area (Å²) in [6.45, 7) is 0. The highest BCUT2D eigenvalue weighted by Gasteiger charge is 2.20. The van der Waals surface area contributed by atoms with Gasteiger partial charge in [0, 0.05) is 7.05 Å². The van der Waals surface area contributed by atoms with E-state index in [4.69, 9.17) is 11.0 Å². The van der Waals surface area contributed by atoms with Crippen LogP contribution in [0, 0.1) is 11.3 Å². The van der Waals surface area contributed by atoms with Gasteiger partial charge in [0.25, 0.3) is 0 Å². The van der Waals surface area contributed by atoms with Crippen LogP contribution in [-0.4, -0.2) is 31.0 Å². The van der Waals surface area contributed by atoms with E-state index in [2.05, 4.69) is 6.07 Å². The third-order valence-corrected chi connectivity index (χ3v) is 3.31. The van der Waals surface area contributed by atoms with Crippen LogP contribution in [-0.2, 0) is 4.79 Å². The topological polar surface area (TPSA) is 70.1 Å². The molecular weight excluding hydrogens is 246 g/mol. The highest BCUT2D eigenvalue weighted by atomic mass is 32.2. The van der Waals surface area contributed by atoms with Crippen molar-refractivity contribution in [2.45, 2.75) is 12.5 Å². The molecule has 0 aliphatic heterocycles. The summed E-state index contributed by atoms with van der Waals surface area (Å²) in [5, 5.41) is 9.01. The van der Waals surface area contributed by atoms with E-state index in [1.165, 1.54) is 4.90 Å². The number of carbonyl (C=O) groups excluding carboxylic acids is 1. The van der Waals surface area contributed by atoms with Crippen molar-refractivity contribution in [1.29, 1.82) is 5.26 Å². The van der Waals surface area contributed by atoms with Crippen molar-refractivity contribution in [3.05, 3.63) is 29.8 Å². The van der Waals surface area contributed by atoms with E-state index in [1.54, 1.807) is 43.1 Å². The summed E-state index contributed by atoms with van der Waals surface area (Å²) in [5.74, 6) is 0.687. The second-order valence-electron chi connectivity index (χ2n) is 3.91. The molecule has 4 nitrogen and oxygen atoms in total. The molecule has 0 fully saturated rings. The second kappa shape index (κ2) is 7.04. The summed E-state index contributed by atoms with van der Waals surface area (Å²) < 4.78 is 0. The molecule has 0 bridgehead atoms. The van der Waals surface area contributed by atoms with Crippen molar-refractivity contribution in [2.75, 3.05) is 24.0 Å². The van der Waals surface area contributed by atoms with E-state index in [0.29, 0.717) is 17.7 Å². The van der Waals surface area contributed by atoms with Gasteiger partial charge in [0.2, 0.25) is 5.91 Å². The van der Waals surface area contributed by atoms with Crippen LogP contribution in [0.15, 0.2) is 24.3 Å². The van der Waals surface area contributed by atoms with Crippen LogP contribution in [0.1, 0.15) is 12.0 Å². The first kappa shape index (κ1) is 14.6. The number of nitrogens with two attached hydrogens (primary N) is 1. The van der Waals surface area contributed by atoms with Crippen molar-refractivity contribution >= 4 is 23.4 Å². The summed E-state index contributed by atoms with van der Waals surface area (Å²) >= 11 is 1.66. The predicted octanol–water partition coefficient (Wildman–Crippen LogP) is 1.60. The number of nitrogens with zero attached hydrogens (tertiary/aromatic N) is 2. The van der Waals surface area contributed by atoms with Gasteiger partial charge in [-0.2, -0.15) is 17.0 Å². The van der Waals surface area contributed by atoms with Crippen LogP contribution in [0.25, 0.3) is 0 Å². The number of amides is 1. The van der Waals surface area contributed by atoms with Gasteiger partial charge in [-0.3, -0.25) is 4.79 Å². The highest BCUT2D eigenvalue weighted by molar-refractivity contribution is 7.98. The predicted molar refractivity (Wildman–Crippen MR) is 75.5 cm³/mol. The summed E-state index contributed by atoms with van der Waals surface area (Å²) in [4.78, 5) is 13.6. The molecule has 1 amide bonds. The lowest BCUT2D eigenvalue weighted by Gasteiger charge is -2.22. The Hall–Kier alpha value is -1.51. The minimum absolute atomic E-state index is 0.160. The molecule has 0 radical (unpaired) electrons. The highest BCUT2D eigenvalue weighted by Crippen LogP contribution is 2.19. The van der Waals surface area contributed by atoms with Gasteiger partial charge in [-0.1, -0.05) is 12.1 Å². The zero-order valence-corrected chi connectivity index (χ0v) is 11.4. The van der Waals surface area contributed by atoms with E-state index in [0.717, 1.165) is 5.75 Å². The minimum atomic E-state index is -0.519. The Balaban J connectivity index is 2.83. The maximum atomic E-state index is 12.1. The minimum Gasteiger partial charge on any atom is -0.320 e. The molecule has 1 aromatic carbocycles. The quantitative estimate of drug-likeness (QED) is 0.876. The molecule has 0 spiro atoms. The molecule has 0 aliphatic carbocycles. The number of carbonyl (C=O) groups is 1. The maximum absolute atomic E-state index is 12.1. The van der Waals surface area contributed by atoms with Crippen LogP contribution in [0.4, 0.5) is 5.69 Å². The van der Waals surface area contributed by atoms with E-state index < -0.39 is 6.04 Å². The Morgan fingerprint density at radius 1 is 1.56 bits per heavy atom. The molecule has 0 aromatic heterocycles. The Bertz CT molecular complexity index is 456. The third kappa shape index (κ3) is 3.49. The van der Waals surface area contributed by atoms with Gasteiger partial charge in [0.1, 0.15) is 6.07 Å². The van der Waals surface area contributed by atoms with Crippen LogP contribution in [0.2, 0.25) is 0 Å². The summed E-state index contributed by atoms with van der Waals surface area (Å²) in [6, 6.07) is 8.56. The normalized spacial score (nSPS) is 11.7. The van der Waals surface area contributed by atoms with Gasteiger partial charge < -0.3 is 10.6 Å². The SMILES string of the molecule is CSCC[C@H](N)C(=O)N(C)c1ccccc1C#N. The zero-order chi connectivity index (χ0) is 13.5. The van der Waals surface area contributed by atoms with Crippen LogP contribution < -0.4 is 10.6 Å². The summed E-state index contributed by atoms with van der Waals surface area (Å²) in [6.07, 6.45) is 2.62. The monoisotopic (exact) mass is 263 g/mol. The molecule has 0 saturated heterocycles. The molecule has 0 unspecified atom stereocenters. The van der Waals surface area contributed by atoms with Crippen molar-refractivity contribution in [2.24, 2.45) is 5.73 Å². The molecule has 5 heteroatoms. The molecule has 0 heterocycles. The van der Waals surface area contributed by atoms with E-state index in [-0.39, 0.29) is 5.91 Å². The zero-order valence-electron chi connectivity index (χ0n) is 10.6. The second-order valence-corrected chi connectivity index (χ2v) is 4.90. The molecule has 18 heavy (non-hydrogen) atoms. The van der Waals surface area contributed by atoms with E-state index >= 15 is 0 Å². The Kier molecular flexibility index (Phi) is 5.69. The number of hydrogen-bond acceptors (Lipinski definition) is 4. The number of para-hydroxylation sites is 1. The molecule has 96 valence electrons. The fourth-order valence-electron chi connectivity index (χ4n) is 1.60. The van der Waals surface area contributed by atoms with Gasteiger partial charge in [-0.05, 0) is 30.6 Å². The molecular formula is C13H17N3OS. The fourth-order valence-corrected chi connectivity index (χ4v) is 2.09. The third-order valence-electron chi connectivity index (χ3n) is 2.67. The molecule has 1 rings (SSSR count). The van der Waals surface area contributed by atoms with Crippen molar-refractivity contribution in [3.8, 4) is 6.07 Å². The van der Waals surface area contributed by atoms with E-state index in [1.807, 2.05) is 6.26 Å². The molecule has 1 atom stereocenters. The molecule has 0 aliphatic rings. The Morgan fingerprint density at radius 2 is 2.22 bits per heavy atom. The van der Waals surface area contributed by atoms with Crippen LogP contribution in [0.5, 0.6) is 0 Å². The smallest absolute Gasteiger partial charge is 0.243 e. The average Bonchev–Trinajstić information content (AvgIpc) is 2.42. The number of rotatable bonds is 5. The molecule has 2 N–H and O–H groups in total. The lowest BCUT2D eigenvalue weighted by molar-refractivity contribution is -0.119. The Labute approximate surface area is 112 Å². The first-order chi connectivity index (χ1) is 8.61. The van der Waals surface area contributed by atoms with Crippen molar-refractivity contribution < 1.29 is 4.79 Å². The van der Waals surface area contributed by atoms with Gasteiger partial charge in [0.05, 0.1) is 17.3 Å². The average molecular weight is 263 g/mol. The standard InChI is InChI=1S/C13H17N3OS/c1-16(13(17)11(15)7-8-18-2)12-6-4-3-5-10(12)9-14/h3-6,11H,7-8,15H2,1-2H3/t11-/m0/s1. The van der Waals surface area contributed by atoms with Gasteiger partial charge in [-0.15, -0.1) is 0 Å². The number of nitriles is 1. The van der Waals surface area contributed by atoms with E-state index in [9.17, 15) is 4.79 Å². The van der Waals surface area contributed by atoms with Crippen molar-refractivity contribution in [3.63, 3.8) is 0 Å². The summed E-state index contributed by atoms with van der Waals surface area (Å²) in [7, 11) is 1.65. The first-order valence-electron chi connectivity index (χ1n) is 5.63. The number of likely N-dealkylation sites (N-methyl/N-ethyl adjacent to an activating group) is 1. The summed E-state index contributed by atoms with van der Waals surface area (Å²) in [5.41, 5.74) is 6.92. The number of anilines is 1. The fraction of sp³-hybridized carbons (Fsp3) is 0.385. The number of benzene rings is 1. The van der Waals surface area contributed by atoms with Gasteiger partial charge >= 0.3 is 0 Å². The van der Waals surface area contributed by atoms with Crippen LogP contribution >= 0.6 is 11.8 Å². The Morgan fingerprint density at radius 3 is 2.83 bits per heavy atom. The lowest BCUT2D eigenvalue weighted by Crippen LogP contribution is -2.42.